The van der Waals surface area contributed by atoms with Crippen molar-refractivity contribution in [1.29, 1.82) is 0 Å². The number of benzene rings is 2. The number of imide groups is 1. The number of amides is 4. The highest BCUT2D eigenvalue weighted by molar-refractivity contribution is 6.22. The molecule has 0 bridgehead atoms. The van der Waals surface area contributed by atoms with Crippen molar-refractivity contribution >= 4 is 35.2 Å². The smallest absolute Gasteiger partial charge is 0.338 e. The molecule has 0 spiro atoms. The maximum absolute atomic E-state index is 13.1. The van der Waals surface area contributed by atoms with Crippen molar-refractivity contribution in [2.45, 2.75) is 19.4 Å². The van der Waals surface area contributed by atoms with Crippen molar-refractivity contribution in [3.8, 4) is 0 Å². The van der Waals surface area contributed by atoms with Crippen molar-refractivity contribution in [1.82, 2.24) is 4.90 Å². The molecule has 1 atom stereocenters. The van der Waals surface area contributed by atoms with Gasteiger partial charge in [0, 0.05) is 19.3 Å². The predicted octanol–water partition coefficient (Wildman–Crippen LogP) is 2.68. The standard InChI is InChI=1S/C23H25N3O6/c1-3-32-22(29)16-9-11-17(12-10-16)24-20(27)15-19-21(28)26(18-7-5-4-6-8-18)23(30)25(19)13-14-31-2/h4-12,19H,3,13-15H2,1-2H3,(H,24,27)/t19-/m1/s1. The highest BCUT2D eigenvalue weighted by Gasteiger charge is 2.46. The van der Waals surface area contributed by atoms with Gasteiger partial charge < -0.3 is 19.7 Å². The van der Waals surface area contributed by atoms with Crippen molar-refractivity contribution in [3.05, 3.63) is 60.2 Å². The lowest BCUT2D eigenvalue weighted by Gasteiger charge is -2.21. The van der Waals surface area contributed by atoms with E-state index < -0.39 is 29.9 Å². The van der Waals surface area contributed by atoms with E-state index in [9.17, 15) is 19.2 Å². The largest absolute Gasteiger partial charge is 0.462 e. The third-order valence-corrected chi connectivity index (χ3v) is 4.93. The summed E-state index contributed by atoms with van der Waals surface area (Å²) in [5.74, 6) is -1.35. The number of hydrogen-bond donors (Lipinski definition) is 1. The van der Waals surface area contributed by atoms with Crippen LogP contribution in [0.4, 0.5) is 16.2 Å². The number of hydrogen-bond acceptors (Lipinski definition) is 6. The lowest BCUT2D eigenvalue weighted by Crippen LogP contribution is -2.39. The van der Waals surface area contributed by atoms with Gasteiger partial charge in [-0.2, -0.15) is 0 Å². The van der Waals surface area contributed by atoms with Crippen LogP contribution in [0.25, 0.3) is 0 Å². The zero-order valence-corrected chi connectivity index (χ0v) is 17.9. The Bertz CT molecular complexity index is 977. The van der Waals surface area contributed by atoms with E-state index in [0.717, 1.165) is 4.90 Å². The fourth-order valence-electron chi connectivity index (χ4n) is 3.38. The van der Waals surface area contributed by atoms with E-state index in [0.29, 0.717) is 16.9 Å². The zero-order valence-electron chi connectivity index (χ0n) is 17.9. The Morgan fingerprint density at radius 3 is 2.34 bits per heavy atom. The van der Waals surface area contributed by atoms with Gasteiger partial charge in [0.2, 0.25) is 5.91 Å². The van der Waals surface area contributed by atoms with Crippen molar-refractivity contribution in [2.24, 2.45) is 0 Å². The number of esters is 1. The predicted molar refractivity (Wildman–Crippen MR) is 117 cm³/mol. The molecule has 4 amide bonds. The summed E-state index contributed by atoms with van der Waals surface area (Å²) in [6.45, 7) is 2.40. The van der Waals surface area contributed by atoms with Gasteiger partial charge in [-0.1, -0.05) is 18.2 Å². The van der Waals surface area contributed by atoms with Gasteiger partial charge in [0.05, 0.1) is 30.9 Å². The van der Waals surface area contributed by atoms with E-state index in [-0.39, 0.29) is 26.2 Å². The number of methoxy groups -OCH3 is 1. The van der Waals surface area contributed by atoms with Gasteiger partial charge in [-0.15, -0.1) is 0 Å². The maximum atomic E-state index is 13.1. The van der Waals surface area contributed by atoms with Crippen LogP contribution in [0, 0.1) is 0 Å². The Morgan fingerprint density at radius 2 is 1.72 bits per heavy atom. The van der Waals surface area contributed by atoms with Crippen molar-refractivity contribution < 1.29 is 28.7 Å². The number of nitrogens with zero attached hydrogens (tertiary/aromatic N) is 2. The number of carbonyl (C=O) groups excluding carboxylic acids is 4. The monoisotopic (exact) mass is 439 g/mol. The third-order valence-electron chi connectivity index (χ3n) is 4.93. The number of anilines is 2. The average molecular weight is 439 g/mol. The fraction of sp³-hybridized carbons (Fsp3) is 0.304. The number of para-hydroxylation sites is 1. The van der Waals surface area contributed by atoms with Crippen LogP contribution in [-0.2, 0) is 19.1 Å². The number of ether oxygens (including phenoxy) is 2. The first-order chi connectivity index (χ1) is 15.5. The van der Waals surface area contributed by atoms with Crippen LogP contribution in [-0.4, -0.2) is 61.6 Å². The molecule has 9 nitrogen and oxygen atoms in total. The van der Waals surface area contributed by atoms with Gasteiger partial charge in [0.1, 0.15) is 6.04 Å². The second kappa shape index (κ2) is 10.5. The first-order valence-corrected chi connectivity index (χ1v) is 10.2. The molecule has 2 aromatic carbocycles. The minimum atomic E-state index is -0.948. The van der Waals surface area contributed by atoms with Crippen LogP contribution in [0.2, 0.25) is 0 Å². The number of rotatable bonds is 9. The summed E-state index contributed by atoms with van der Waals surface area (Å²) in [6, 6.07) is 13.4. The van der Waals surface area contributed by atoms with E-state index in [1.807, 2.05) is 0 Å². The first kappa shape index (κ1) is 23.0. The Hall–Kier alpha value is -3.72. The van der Waals surface area contributed by atoms with E-state index >= 15 is 0 Å². The minimum absolute atomic E-state index is 0.177. The molecule has 0 saturated carbocycles. The van der Waals surface area contributed by atoms with Gasteiger partial charge in [-0.3, -0.25) is 9.59 Å². The average Bonchev–Trinajstić information content (AvgIpc) is 3.02. The molecule has 0 aliphatic carbocycles. The van der Waals surface area contributed by atoms with Gasteiger partial charge >= 0.3 is 12.0 Å². The molecule has 1 fully saturated rings. The van der Waals surface area contributed by atoms with Crippen LogP contribution < -0.4 is 10.2 Å². The third kappa shape index (κ3) is 5.12. The lowest BCUT2D eigenvalue weighted by atomic mass is 10.1. The second-order valence-electron chi connectivity index (χ2n) is 7.04. The van der Waals surface area contributed by atoms with E-state index in [2.05, 4.69) is 5.32 Å². The number of nitrogens with one attached hydrogen (secondary N) is 1. The molecular weight excluding hydrogens is 414 g/mol. The van der Waals surface area contributed by atoms with Crippen LogP contribution >= 0.6 is 0 Å². The normalized spacial score (nSPS) is 15.8. The molecular formula is C23H25N3O6. The Kier molecular flexibility index (Phi) is 7.56. The second-order valence-corrected chi connectivity index (χ2v) is 7.04. The first-order valence-electron chi connectivity index (χ1n) is 10.2. The summed E-state index contributed by atoms with van der Waals surface area (Å²) < 4.78 is 10.00. The molecule has 0 radical (unpaired) electrons. The van der Waals surface area contributed by atoms with Crippen LogP contribution in [0.3, 0.4) is 0 Å². The summed E-state index contributed by atoms with van der Waals surface area (Å²) in [5, 5.41) is 2.70. The Morgan fingerprint density at radius 1 is 1.03 bits per heavy atom. The fourth-order valence-corrected chi connectivity index (χ4v) is 3.38. The quantitative estimate of drug-likeness (QED) is 0.476. The maximum Gasteiger partial charge on any atom is 0.338 e. The number of urea groups is 1. The Labute approximate surface area is 185 Å². The lowest BCUT2D eigenvalue weighted by molar-refractivity contribution is -0.124. The molecule has 0 unspecified atom stereocenters. The van der Waals surface area contributed by atoms with Gasteiger partial charge in [-0.05, 0) is 43.3 Å². The van der Waals surface area contributed by atoms with Gasteiger partial charge in [0.15, 0.2) is 0 Å². The molecule has 1 aliphatic rings. The van der Waals surface area contributed by atoms with Crippen LogP contribution in [0.15, 0.2) is 54.6 Å². The molecule has 9 heteroatoms. The molecule has 1 heterocycles. The SMILES string of the molecule is CCOC(=O)c1ccc(NC(=O)C[C@@H]2C(=O)N(c3ccccc3)C(=O)N2CCOC)cc1. The molecule has 168 valence electrons. The van der Waals surface area contributed by atoms with Crippen molar-refractivity contribution in [3.63, 3.8) is 0 Å². The summed E-state index contributed by atoms with van der Waals surface area (Å²) in [5.41, 5.74) is 1.27. The van der Waals surface area contributed by atoms with E-state index in [1.165, 1.54) is 12.0 Å². The van der Waals surface area contributed by atoms with E-state index in [1.54, 1.807) is 61.5 Å². The highest BCUT2D eigenvalue weighted by Crippen LogP contribution is 2.27. The molecule has 1 aliphatic heterocycles. The Balaban J connectivity index is 1.72. The molecule has 32 heavy (non-hydrogen) atoms. The minimum Gasteiger partial charge on any atom is -0.462 e. The summed E-state index contributed by atoms with van der Waals surface area (Å²) in [4.78, 5) is 52.8. The summed E-state index contributed by atoms with van der Waals surface area (Å²) in [7, 11) is 1.50. The molecule has 0 aromatic heterocycles. The molecule has 1 N–H and O–H groups in total. The highest BCUT2D eigenvalue weighted by atomic mass is 16.5. The van der Waals surface area contributed by atoms with Gasteiger partial charge in [0.25, 0.3) is 5.91 Å². The van der Waals surface area contributed by atoms with Crippen molar-refractivity contribution in [2.75, 3.05) is 37.1 Å². The number of carbonyl (C=O) groups is 4. The van der Waals surface area contributed by atoms with Gasteiger partial charge in [-0.25, -0.2) is 14.5 Å². The van der Waals surface area contributed by atoms with Crippen LogP contribution in [0.1, 0.15) is 23.7 Å². The molecule has 1 saturated heterocycles. The molecule has 3 rings (SSSR count). The van der Waals surface area contributed by atoms with Crippen LogP contribution in [0.5, 0.6) is 0 Å². The zero-order chi connectivity index (χ0) is 23.1. The molecule has 2 aromatic rings. The van der Waals surface area contributed by atoms with E-state index in [4.69, 9.17) is 9.47 Å². The summed E-state index contributed by atoms with van der Waals surface area (Å²) in [6.07, 6.45) is -0.211. The summed E-state index contributed by atoms with van der Waals surface area (Å²) >= 11 is 0. The topological polar surface area (TPSA) is 105 Å².